The Labute approximate surface area is 225 Å². The van der Waals surface area contributed by atoms with Crippen molar-refractivity contribution in [3.05, 3.63) is 77.1 Å². The van der Waals surface area contributed by atoms with Gasteiger partial charge >= 0.3 is 0 Å². The van der Waals surface area contributed by atoms with Crippen molar-refractivity contribution in [2.75, 3.05) is 13.1 Å². The Balaban J connectivity index is 1.64. The van der Waals surface area contributed by atoms with Crippen LogP contribution in [0.2, 0.25) is 0 Å². The van der Waals surface area contributed by atoms with E-state index in [2.05, 4.69) is 16.1 Å². The molecule has 3 rings (SSSR count). The summed E-state index contributed by atoms with van der Waals surface area (Å²) in [5, 5.41) is 2.97. The normalized spacial score (nSPS) is 14.4. The lowest BCUT2D eigenvalue weighted by atomic mass is 9.97. The van der Waals surface area contributed by atoms with Crippen molar-refractivity contribution in [1.82, 2.24) is 14.9 Å². The van der Waals surface area contributed by atoms with E-state index in [9.17, 15) is 22.4 Å². The topological polar surface area (TPSA) is 95.6 Å². The number of benzene rings is 2. The molecule has 1 aliphatic rings. The maximum Gasteiger partial charge on any atom is 0.242 e. The van der Waals surface area contributed by atoms with E-state index in [1.165, 1.54) is 47.6 Å². The molecule has 0 aliphatic heterocycles. The van der Waals surface area contributed by atoms with Gasteiger partial charge < -0.3 is 10.2 Å². The smallest absolute Gasteiger partial charge is 0.242 e. The van der Waals surface area contributed by atoms with E-state index >= 15 is 0 Å². The molecule has 9 heteroatoms. The SMILES string of the molecule is CCNS(=O)(=O)c1ccc(CCC(=O)N(Cc2ccc(F)cc2)C(C)C(=O)NCCC2=CCCCC2)cc1. The second-order valence-electron chi connectivity index (χ2n) is 9.62. The highest BCUT2D eigenvalue weighted by Gasteiger charge is 2.26. The molecule has 0 saturated carbocycles. The van der Waals surface area contributed by atoms with Crippen LogP contribution in [-0.2, 0) is 32.6 Å². The third-order valence-corrected chi connectivity index (χ3v) is 8.32. The van der Waals surface area contributed by atoms with Crippen LogP contribution in [-0.4, -0.2) is 44.3 Å². The number of allylic oxidation sites excluding steroid dienone is 1. The first-order valence-electron chi connectivity index (χ1n) is 13.3. The molecule has 1 unspecified atom stereocenters. The van der Waals surface area contributed by atoms with Crippen molar-refractivity contribution >= 4 is 21.8 Å². The summed E-state index contributed by atoms with van der Waals surface area (Å²) in [6, 6.07) is 11.6. The molecule has 7 nitrogen and oxygen atoms in total. The molecule has 0 heterocycles. The van der Waals surface area contributed by atoms with Gasteiger partial charge in [-0.2, -0.15) is 0 Å². The number of nitrogens with zero attached hydrogens (tertiary/aromatic N) is 1. The largest absolute Gasteiger partial charge is 0.354 e. The van der Waals surface area contributed by atoms with Crippen LogP contribution in [0.5, 0.6) is 0 Å². The summed E-state index contributed by atoms with van der Waals surface area (Å²) in [5.41, 5.74) is 2.91. The Hall–Kier alpha value is -3.04. The van der Waals surface area contributed by atoms with Crippen molar-refractivity contribution in [3.8, 4) is 0 Å². The fourth-order valence-corrected chi connectivity index (χ4v) is 5.54. The zero-order valence-electron chi connectivity index (χ0n) is 22.2. The Morgan fingerprint density at radius 1 is 1.00 bits per heavy atom. The Kier molecular flexibility index (Phi) is 11.0. The fraction of sp³-hybridized carbons (Fsp3) is 0.448. The summed E-state index contributed by atoms with van der Waals surface area (Å²) in [7, 11) is -3.55. The standard InChI is InChI=1S/C29H38FN3O4S/c1-3-32-38(36,37)27-16-11-24(12-17-27)13-18-28(34)33(21-25-9-14-26(30)15-10-25)22(2)29(35)31-20-19-23-7-5-4-6-8-23/h7,9-12,14-17,22,32H,3-6,8,13,18-21H2,1-2H3,(H,31,35). The lowest BCUT2D eigenvalue weighted by Gasteiger charge is -2.29. The number of hydrogen-bond donors (Lipinski definition) is 2. The van der Waals surface area contributed by atoms with Crippen LogP contribution >= 0.6 is 0 Å². The molecule has 1 aliphatic carbocycles. The molecule has 0 saturated heterocycles. The molecule has 38 heavy (non-hydrogen) atoms. The Morgan fingerprint density at radius 3 is 2.32 bits per heavy atom. The summed E-state index contributed by atoms with van der Waals surface area (Å²) >= 11 is 0. The number of nitrogens with one attached hydrogen (secondary N) is 2. The van der Waals surface area contributed by atoms with E-state index in [1.54, 1.807) is 38.1 Å². The van der Waals surface area contributed by atoms with Gasteiger partial charge in [-0.1, -0.05) is 42.8 Å². The first-order valence-corrected chi connectivity index (χ1v) is 14.8. The average molecular weight is 544 g/mol. The number of amides is 2. The first kappa shape index (κ1) is 29.5. The van der Waals surface area contributed by atoms with Gasteiger partial charge in [-0.15, -0.1) is 0 Å². The molecule has 1 atom stereocenters. The number of halogens is 1. The molecule has 0 spiro atoms. The molecule has 2 N–H and O–H groups in total. The minimum absolute atomic E-state index is 0.144. The van der Waals surface area contributed by atoms with E-state index in [0.29, 0.717) is 19.5 Å². The lowest BCUT2D eigenvalue weighted by molar-refractivity contribution is -0.140. The van der Waals surface area contributed by atoms with Crippen LogP contribution in [0.3, 0.4) is 0 Å². The maximum absolute atomic E-state index is 13.4. The summed E-state index contributed by atoms with van der Waals surface area (Å²) in [4.78, 5) is 28.0. The molecular formula is C29H38FN3O4S. The van der Waals surface area contributed by atoms with Crippen molar-refractivity contribution in [2.24, 2.45) is 0 Å². The predicted molar refractivity (Wildman–Crippen MR) is 146 cm³/mol. The van der Waals surface area contributed by atoms with Gasteiger partial charge in [0.25, 0.3) is 0 Å². The van der Waals surface area contributed by atoms with Gasteiger partial charge in [0.15, 0.2) is 0 Å². The third kappa shape index (κ3) is 8.77. The quantitative estimate of drug-likeness (QED) is 0.364. The van der Waals surface area contributed by atoms with Gasteiger partial charge in [-0.05, 0) is 80.8 Å². The minimum Gasteiger partial charge on any atom is -0.354 e. The van der Waals surface area contributed by atoms with E-state index in [4.69, 9.17) is 0 Å². The van der Waals surface area contributed by atoms with E-state index in [0.717, 1.165) is 30.4 Å². The van der Waals surface area contributed by atoms with Gasteiger partial charge in [-0.25, -0.2) is 17.5 Å². The fourth-order valence-electron chi connectivity index (χ4n) is 4.50. The molecular weight excluding hydrogens is 505 g/mol. The lowest BCUT2D eigenvalue weighted by Crippen LogP contribution is -2.47. The van der Waals surface area contributed by atoms with Crippen molar-refractivity contribution in [1.29, 1.82) is 0 Å². The van der Waals surface area contributed by atoms with Gasteiger partial charge in [0, 0.05) is 26.1 Å². The summed E-state index contributed by atoms with van der Waals surface area (Å²) in [6.45, 7) is 4.42. The number of carbonyl (C=O) groups is 2. The maximum atomic E-state index is 13.4. The zero-order valence-corrected chi connectivity index (χ0v) is 23.0. The average Bonchev–Trinajstić information content (AvgIpc) is 2.91. The number of aryl methyl sites for hydroxylation is 1. The molecule has 2 aromatic carbocycles. The number of rotatable bonds is 13. The molecule has 2 amide bonds. The monoisotopic (exact) mass is 543 g/mol. The Bertz CT molecular complexity index is 1210. The highest BCUT2D eigenvalue weighted by Crippen LogP contribution is 2.20. The van der Waals surface area contributed by atoms with Gasteiger partial charge in [-0.3, -0.25) is 9.59 Å². The number of sulfonamides is 1. The highest BCUT2D eigenvalue weighted by atomic mass is 32.2. The molecule has 206 valence electrons. The zero-order chi connectivity index (χ0) is 27.5. The molecule has 0 radical (unpaired) electrons. The highest BCUT2D eigenvalue weighted by molar-refractivity contribution is 7.89. The first-order chi connectivity index (χ1) is 18.2. The van der Waals surface area contributed by atoms with Crippen molar-refractivity contribution in [2.45, 2.75) is 76.3 Å². The van der Waals surface area contributed by atoms with Gasteiger partial charge in [0.05, 0.1) is 4.90 Å². The van der Waals surface area contributed by atoms with Crippen molar-refractivity contribution in [3.63, 3.8) is 0 Å². The van der Waals surface area contributed by atoms with E-state index in [1.807, 2.05) is 0 Å². The summed E-state index contributed by atoms with van der Waals surface area (Å²) in [6.07, 6.45) is 8.16. The molecule has 0 bridgehead atoms. The van der Waals surface area contributed by atoms with Gasteiger partial charge in [0.1, 0.15) is 11.9 Å². The second-order valence-corrected chi connectivity index (χ2v) is 11.4. The third-order valence-electron chi connectivity index (χ3n) is 6.76. The molecule has 0 aromatic heterocycles. The molecule has 2 aromatic rings. The van der Waals surface area contributed by atoms with E-state index < -0.39 is 16.1 Å². The summed E-state index contributed by atoms with van der Waals surface area (Å²) in [5.74, 6) is -0.805. The van der Waals surface area contributed by atoms with Crippen LogP contribution in [0.1, 0.15) is 63.5 Å². The summed E-state index contributed by atoms with van der Waals surface area (Å²) < 4.78 is 40.2. The minimum atomic E-state index is -3.55. The van der Waals surface area contributed by atoms with E-state index in [-0.39, 0.29) is 35.5 Å². The predicted octanol–water partition coefficient (Wildman–Crippen LogP) is 4.48. The second kappa shape index (κ2) is 14.2. The van der Waals surface area contributed by atoms with Crippen LogP contribution in [0, 0.1) is 5.82 Å². The van der Waals surface area contributed by atoms with Crippen LogP contribution in [0.15, 0.2) is 65.1 Å². The Morgan fingerprint density at radius 2 is 1.68 bits per heavy atom. The van der Waals surface area contributed by atoms with Crippen LogP contribution in [0.25, 0.3) is 0 Å². The number of carbonyl (C=O) groups excluding carboxylic acids is 2. The number of hydrogen-bond acceptors (Lipinski definition) is 4. The van der Waals surface area contributed by atoms with Crippen molar-refractivity contribution < 1.29 is 22.4 Å². The van der Waals surface area contributed by atoms with Crippen LogP contribution in [0.4, 0.5) is 4.39 Å². The molecule has 0 fully saturated rings. The van der Waals surface area contributed by atoms with Crippen LogP contribution < -0.4 is 10.0 Å². The van der Waals surface area contributed by atoms with Gasteiger partial charge in [0.2, 0.25) is 21.8 Å².